The van der Waals surface area contributed by atoms with Gasteiger partial charge >= 0.3 is 0 Å². The zero-order valence-electron chi connectivity index (χ0n) is 12.7. The molecule has 0 heterocycles. The maximum absolute atomic E-state index is 11.1. The van der Waals surface area contributed by atoms with Crippen LogP contribution in [0, 0.1) is 0 Å². The average molecular weight is 359 g/mol. The summed E-state index contributed by atoms with van der Waals surface area (Å²) in [6, 6.07) is 4.00. The first kappa shape index (κ1) is 17.8. The number of methoxy groups -OCH3 is 1. The zero-order chi connectivity index (χ0) is 15.8. The molecule has 1 unspecified atom stereocenters. The van der Waals surface area contributed by atoms with Crippen molar-refractivity contribution in [2.24, 2.45) is 5.73 Å². The van der Waals surface area contributed by atoms with Crippen molar-refractivity contribution in [3.63, 3.8) is 0 Å². The quantitative estimate of drug-likeness (QED) is 0.699. The Labute approximate surface area is 134 Å². The first-order chi connectivity index (χ1) is 9.97. The lowest BCUT2D eigenvalue weighted by atomic mass is 10.1. The second-order valence-corrected chi connectivity index (χ2v) is 5.77. The van der Waals surface area contributed by atoms with Crippen LogP contribution >= 0.6 is 15.9 Å². The van der Waals surface area contributed by atoms with E-state index in [-0.39, 0.29) is 11.9 Å². The third-order valence-electron chi connectivity index (χ3n) is 2.92. The lowest BCUT2D eigenvalue weighted by Crippen LogP contribution is -2.18. The van der Waals surface area contributed by atoms with Gasteiger partial charge in [-0.3, -0.25) is 4.79 Å². The molecule has 0 saturated carbocycles. The Hall–Kier alpha value is -1.27. The number of carbonyl (C=O) groups is 1. The summed E-state index contributed by atoms with van der Waals surface area (Å²) < 4.78 is 11.9. The van der Waals surface area contributed by atoms with E-state index in [0.29, 0.717) is 30.9 Å². The number of halogens is 1. The summed E-state index contributed by atoms with van der Waals surface area (Å²) in [6.45, 7) is 2.42. The number of benzene rings is 1. The van der Waals surface area contributed by atoms with Gasteiger partial charge in [0.2, 0.25) is 5.91 Å². The minimum absolute atomic E-state index is 0.0110. The van der Waals surface area contributed by atoms with Gasteiger partial charge in [0, 0.05) is 19.5 Å². The first-order valence-corrected chi connectivity index (χ1v) is 7.72. The molecule has 1 amide bonds. The predicted octanol–water partition coefficient (Wildman–Crippen LogP) is 2.25. The molecule has 1 atom stereocenters. The van der Waals surface area contributed by atoms with Crippen LogP contribution in [0.4, 0.5) is 0 Å². The standard InChI is InChI=1S/C15H23BrN2O3/c1-10(17)7-11-8-12(16)15(13(9-11)20-3)21-6-4-5-14(19)18-2/h8-10H,4-7,17H2,1-3H3,(H,18,19). The molecule has 0 bridgehead atoms. The molecule has 0 aliphatic rings. The van der Waals surface area contributed by atoms with Crippen molar-refractivity contribution in [1.29, 1.82) is 0 Å². The maximum atomic E-state index is 11.1. The smallest absolute Gasteiger partial charge is 0.219 e. The minimum Gasteiger partial charge on any atom is -0.493 e. The molecule has 0 spiro atoms. The predicted molar refractivity (Wildman–Crippen MR) is 86.8 cm³/mol. The largest absolute Gasteiger partial charge is 0.493 e. The van der Waals surface area contributed by atoms with Crippen LogP contribution in [0.25, 0.3) is 0 Å². The van der Waals surface area contributed by atoms with Crippen LogP contribution < -0.4 is 20.5 Å². The van der Waals surface area contributed by atoms with Crippen molar-refractivity contribution in [2.75, 3.05) is 20.8 Å². The van der Waals surface area contributed by atoms with Crippen LogP contribution in [0.2, 0.25) is 0 Å². The first-order valence-electron chi connectivity index (χ1n) is 6.93. The van der Waals surface area contributed by atoms with Crippen LogP contribution in [-0.4, -0.2) is 32.7 Å². The molecule has 3 N–H and O–H groups in total. The Bertz CT molecular complexity index is 478. The van der Waals surface area contributed by atoms with Gasteiger partial charge < -0.3 is 20.5 Å². The summed E-state index contributed by atoms with van der Waals surface area (Å²) in [5, 5.41) is 2.58. The summed E-state index contributed by atoms with van der Waals surface area (Å²) in [4.78, 5) is 11.1. The van der Waals surface area contributed by atoms with E-state index in [4.69, 9.17) is 15.2 Å². The highest BCUT2D eigenvalue weighted by molar-refractivity contribution is 9.10. The number of amides is 1. The van der Waals surface area contributed by atoms with E-state index in [0.717, 1.165) is 16.5 Å². The molecule has 0 fully saturated rings. The van der Waals surface area contributed by atoms with E-state index in [1.807, 2.05) is 19.1 Å². The van der Waals surface area contributed by atoms with E-state index in [9.17, 15) is 4.79 Å². The second kappa shape index (κ2) is 8.89. The number of rotatable bonds is 8. The van der Waals surface area contributed by atoms with Gasteiger partial charge in [-0.05, 0) is 53.4 Å². The molecular weight excluding hydrogens is 336 g/mol. The van der Waals surface area contributed by atoms with E-state index >= 15 is 0 Å². The SMILES string of the molecule is CNC(=O)CCCOc1c(Br)cc(CC(C)N)cc1OC. The molecule has 5 nitrogen and oxygen atoms in total. The highest BCUT2D eigenvalue weighted by Crippen LogP contribution is 2.37. The lowest BCUT2D eigenvalue weighted by Gasteiger charge is -2.15. The number of nitrogens with one attached hydrogen (secondary N) is 1. The molecule has 118 valence electrons. The third-order valence-corrected chi connectivity index (χ3v) is 3.51. The molecular formula is C15H23BrN2O3. The summed E-state index contributed by atoms with van der Waals surface area (Å²) >= 11 is 3.50. The van der Waals surface area contributed by atoms with Gasteiger partial charge in [0.25, 0.3) is 0 Å². The van der Waals surface area contributed by atoms with Crippen LogP contribution in [-0.2, 0) is 11.2 Å². The number of ether oxygens (including phenoxy) is 2. The van der Waals surface area contributed by atoms with Gasteiger partial charge in [-0.1, -0.05) is 0 Å². The fraction of sp³-hybridized carbons (Fsp3) is 0.533. The van der Waals surface area contributed by atoms with E-state index in [1.54, 1.807) is 14.2 Å². The van der Waals surface area contributed by atoms with E-state index < -0.39 is 0 Å². The summed E-state index contributed by atoms with van der Waals surface area (Å²) in [5.41, 5.74) is 6.91. The molecule has 0 aliphatic heterocycles. The van der Waals surface area contributed by atoms with Crippen molar-refractivity contribution >= 4 is 21.8 Å². The Balaban J connectivity index is 2.70. The number of hydrogen-bond acceptors (Lipinski definition) is 4. The monoisotopic (exact) mass is 358 g/mol. The Kier molecular flexibility index (Phi) is 7.53. The Morgan fingerprint density at radius 2 is 2.19 bits per heavy atom. The van der Waals surface area contributed by atoms with E-state index in [2.05, 4.69) is 21.2 Å². The number of nitrogens with two attached hydrogens (primary N) is 1. The summed E-state index contributed by atoms with van der Waals surface area (Å²) in [7, 11) is 3.23. The van der Waals surface area contributed by atoms with Crippen molar-refractivity contribution in [1.82, 2.24) is 5.32 Å². The van der Waals surface area contributed by atoms with Crippen molar-refractivity contribution in [3.05, 3.63) is 22.2 Å². The second-order valence-electron chi connectivity index (χ2n) is 4.92. The highest BCUT2D eigenvalue weighted by atomic mass is 79.9. The Morgan fingerprint density at radius 1 is 1.48 bits per heavy atom. The van der Waals surface area contributed by atoms with Gasteiger partial charge in [-0.15, -0.1) is 0 Å². The molecule has 0 radical (unpaired) electrons. The van der Waals surface area contributed by atoms with Gasteiger partial charge in [0.1, 0.15) is 0 Å². The highest BCUT2D eigenvalue weighted by Gasteiger charge is 2.12. The van der Waals surface area contributed by atoms with Crippen molar-refractivity contribution < 1.29 is 14.3 Å². The van der Waals surface area contributed by atoms with Crippen molar-refractivity contribution in [3.8, 4) is 11.5 Å². The molecule has 6 heteroatoms. The number of carbonyl (C=O) groups excluding carboxylic acids is 1. The molecule has 0 saturated heterocycles. The normalized spacial score (nSPS) is 11.9. The molecule has 0 aromatic heterocycles. The molecule has 21 heavy (non-hydrogen) atoms. The van der Waals surface area contributed by atoms with Crippen LogP contribution in [0.15, 0.2) is 16.6 Å². The van der Waals surface area contributed by atoms with Crippen LogP contribution in [0.5, 0.6) is 11.5 Å². The zero-order valence-corrected chi connectivity index (χ0v) is 14.3. The minimum atomic E-state index is 0.0110. The molecule has 0 aliphatic carbocycles. The van der Waals surface area contributed by atoms with Gasteiger partial charge in [-0.2, -0.15) is 0 Å². The molecule has 1 aromatic rings. The summed E-state index contributed by atoms with van der Waals surface area (Å²) in [5.74, 6) is 1.33. The lowest BCUT2D eigenvalue weighted by molar-refractivity contribution is -0.120. The maximum Gasteiger partial charge on any atom is 0.219 e. The molecule has 1 aromatic carbocycles. The van der Waals surface area contributed by atoms with Crippen LogP contribution in [0.3, 0.4) is 0 Å². The fourth-order valence-corrected chi connectivity index (χ4v) is 2.54. The number of hydrogen-bond donors (Lipinski definition) is 2. The van der Waals surface area contributed by atoms with Gasteiger partial charge in [0.05, 0.1) is 18.2 Å². The average Bonchev–Trinajstić information content (AvgIpc) is 2.43. The van der Waals surface area contributed by atoms with E-state index in [1.165, 1.54) is 0 Å². The van der Waals surface area contributed by atoms with Crippen molar-refractivity contribution in [2.45, 2.75) is 32.2 Å². The topological polar surface area (TPSA) is 73.6 Å². The fourth-order valence-electron chi connectivity index (χ4n) is 1.93. The molecule has 1 rings (SSSR count). The Morgan fingerprint density at radius 3 is 2.76 bits per heavy atom. The van der Waals surface area contributed by atoms with Gasteiger partial charge in [-0.25, -0.2) is 0 Å². The third kappa shape index (κ3) is 5.93. The van der Waals surface area contributed by atoms with Gasteiger partial charge in [0.15, 0.2) is 11.5 Å². The summed E-state index contributed by atoms with van der Waals surface area (Å²) in [6.07, 6.45) is 1.86. The van der Waals surface area contributed by atoms with Crippen LogP contribution in [0.1, 0.15) is 25.3 Å².